The molecule has 0 atom stereocenters. The maximum Gasteiger partial charge on any atom is 0.170 e. The van der Waals surface area contributed by atoms with E-state index in [1.807, 2.05) is 35.1 Å². The van der Waals surface area contributed by atoms with Crippen molar-refractivity contribution in [1.29, 1.82) is 0 Å². The fraction of sp³-hybridized carbons (Fsp3) is 0.333. The number of halogens is 1. The Labute approximate surface area is 135 Å². The smallest absolute Gasteiger partial charge is 0.170 e. The van der Waals surface area contributed by atoms with Gasteiger partial charge >= 0.3 is 0 Å². The number of aromatic nitrogens is 2. The summed E-state index contributed by atoms with van der Waals surface area (Å²) in [7, 11) is 0. The number of unbranched alkanes of at least 4 members (excludes halogenated alkanes) is 1. The molecule has 0 aliphatic carbocycles. The molecule has 0 aliphatic heterocycles. The molecule has 0 aliphatic rings. The number of hydrogen-bond donors (Lipinski definition) is 2. The van der Waals surface area contributed by atoms with E-state index in [1.54, 1.807) is 6.20 Å². The Kier molecular flexibility index (Phi) is 6.02. The first kappa shape index (κ1) is 15.8. The molecule has 0 spiro atoms. The van der Waals surface area contributed by atoms with Gasteiger partial charge in [-0.1, -0.05) is 37.1 Å². The molecule has 21 heavy (non-hydrogen) atoms. The van der Waals surface area contributed by atoms with Crippen LogP contribution in [0.3, 0.4) is 0 Å². The van der Waals surface area contributed by atoms with Gasteiger partial charge in [0.1, 0.15) is 0 Å². The van der Waals surface area contributed by atoms with E-state index in [1.165, 1.54) is 0 Å². The Morgan fingerprint density at radius 3 is 3.05 bits per heavy atom. The van der Waals surface area contributed by atoms with Crippen LogP contribution >= 0.6 is 23.8 Å². The van der Waals surface area contributed by atoms with Crippen LogP contribution in [0.15, 0.2) is 36.7 Å². The van der Waals surface area contributed by atoms with E-state index in [4.69, 9.17) is 23.8 Å². The van der Waals surface area contributed by atoms with E-state index in [2.05, 4.69) is 22.7 Å². The molecule has 2 rings (SSSR count). The first-order valence-corrected chi connectivity index (χ1v) is 7.77. The zero-order valence-corrected chi connectivity index (χ0v) is 13.5. The summed E-state index contributed by atoms with van der Waals surface area (Å²) < 4.78 is 1.85. The number of anilines is 1. The van der Waals surface area contributed by atoms with Gasteiger partial charge in [-0.3, -0.25) is 4.68 Å². The molecule has 1 aromatic carbocycles. The highest BCUT2D eigenvalue weighted by Crippen LogP contribution is 2.13. The molecule has 2 N–H and O–H groups in total. The Hall–Kier alpha value is -1.59. The minimum atomic E-state index is 0.630. The molecule has 0 unspecified atom stereocenters. The number of rotatable bonds is 6. The molecule has 4 nitrogen and oxygen atoms in total. The lowest BCUT2D eigenvalue weighted by Crippen LogP contribution is -2.28. The number of thiocarbonyl (C=S) groups is 1. The second kappa shape index (κ2) is 8.00. The number of hydrogen-bond acceptors (Lipinski definition) is 2. The van der Waals surface area contributed by atoms with Crippen LogP contribution in [-0.2, 0) is 6.54 Å². The largest absolute Gasteiger partial charge is 0.362 e. The average molecular weight is 323 g/mol. The van der Waals surface area contributed by atoms with Gasteiger partial charge in [-0.15, -0.1) is 0 Å². The minimum absolute atomic E-state index is 0.630. The molecule has 1 aromatic heterocycles. The van der Waals surface area contributed by atoms with Crippen LogP contribution < -0.4 is 10.6 Å². The molecular weight excluding hydrogens is 304 g/mol. The first-order valence-electron chi connectivity index (χ1n) is 6.99. The average Bonchev–Trinajstić information content (AvgIpc) is 2.86. The van der Waals surface area contributed by atoms with Gasteiger partial charge in [0.15, 0.2) is 5.11 Å². The van der Waals surface area contributed by atoms with Gasteiger partial charge in [-0.05, 0) is 36.3 Å². The van der Waals surface area contributed by atoms with Crippen molar-refractivity contribution in [3.63, 3.8) is 0 Å². The predicted molar refractivity (Wildman–Crippen MR) is 91.9 cm³/mol. The molecule has 0 amide bonds. The Balaban J connectivity index is 1.88. The van der Waals surface area contributed by atoms with E-state index in [9.17, 15) is 0 Å². The van der Waals surface area contributed by atoms with Crippen LogP contribution in [0.2, 0.25) is 5.02 Å². The summed E-state index contributed by atoms with van der Waals surface area (Å²) in [4.78, 5) is 0. The summed E-state index contributed by atoms with van der Waals surface area (Å²) >= 11 is 11.2. The molecule has 0 radical (unpaired) electrons. The zero-order chi connectivity index (χ0) is 15.1. The maximum atomic E-state index is 5.98. The summed E-state index contributed by atoms with van der Waals surface area (Å²) in [5.74, 6) is 0. The van der Waals surface area contributed by atoms with Crippen LogP contribution in [0.5, 0.6) is 0 Å². The van der Waals surface area contributed by atoms with Crippen molar-refractivity contribution >= 4 is 34.6 Å². The van der Waals surface area contributed by atoms with Crippen molar-refractivity contribution in [2.24, 2.45) is 0 Å². The van der Waals surface area contributed by atoms with E-state index in [0.29, 0.717) is 11.7 Å². The van der Waals surface area contributed by atoms with Gasteiger partial charge in [0.2, 0.25) is 0 Å². The lowest BCUT2D eigenvalue weighted by atomic mass is 10.2. The zero-order valence-electron chi connectivity index (χ0n) is 12.0. The van der Waals surface area contributed by atoms with Crippen molar-refractivity contribution in [3.05, 3.63) is 47.2 Å². The fourth-order valence-corrected chi connectivity index (χ4v) is 2.32. The Morgan fingerprint density at radius 1 is 1.43 bits per heavy atom. The van der Waals surface area contributed by atoms with E-state index in [0.717, 1.165) is 35.7 Å². The van der Waals surface area contributed by atoms with Crippen LogP contribution in [0.25, 0.3) is 0 Å². The van der Waals surface area contributed by atoms with Crippen molar-refractivity contribution in [2.75, 3.05) is 11.9 Å². The summed E-state index contributed by atoms with van der Waals surface area (Å²) in [5, 5.41) is 12.0. The second-order valence-electron chi connectivity index (χ2n) is 4.79. The summed E-state index contributed by atoms with van der Waals surface area (Å²) in [6.07, 6.45) is 5.94. The second-order valence-corrected chi connectivity index (χ2v) is 5.64. The molecule has 0 bridgehead atoms. The summed E-state index contributed by atoms with van der Waals surface area (Å²) in [6.45, 7) is 3.72. The van der Waals surface area contributed by atoms with Crippen molar-refractivity contribution in [3.8, 4) is 0 Å². The van der Waals surface area contributed by atoms with Crippen molar-refractivity contribution in [2.45, 2.75) is 26.3 Å². The third-order valence-corrected chi connectivity index (χ3v) is 3.42. The summed E-state index contributed by atoms with van der Waals surface area (Å²) in [5.41, 5.74) is 1.99. The van der Waals surface area contributed by atoms with Gasteiger partial charge in [-0.2, -0.15) is 5.10 Å². The standard InChI is InChI=1S/C15H19ClN4S/c1-2-3-7-17-15(21)19-14-9-18-20(11-14)10-12-5-4-6-13(16)8-12/h4-6,8-9,11H,2-3,7,10H2,1H3,(H2,17,19,21). The van der Waals surface area contributed by atoms with E-state index < -0.39 is 0 Å². The number of nitrogens with one attached hydrogen (secondary N) is 2. The van der Waals surface area contributed by atoms with Gasteiger partial charge in [0.05, 0.1) is 18.4 Å². The van der Waals surface area contributed by atoms with Crippen LogP contribution in [-0.4, -0.2) is 21.4 Å². The monoisotopic (exact) mass is 322 g/mol. The van der Waals surface area contributed by atoms with Gasteiger partial charge < -0.3 is 10.6 Å². The fourth-order valence-electron chi connectivity index (χ4n) is 1.89. The number of benzene rings is 1. The Bertz CT molecular complexity index is 597. The maximum absolute atomic E-state index is 5.98. The van der Waals surface area contributed by atoms with Crippen LogP contribution in [0.1, 0.15) is 25.3 Å². The van der Waals surface area contributed by atoms with Gasteiger partial charge in [-0.25, -0.2) is 0 Å². The van der Waals surface area contributed by atoms with E-state index in [-0.39, 0.29) is 0 Å². The number of nitrogens with zero attached hydrogens (tertiary/aromatic N) is 2. The molecular formula is C15H19ClN4S. The van der Waals surface area contributed by atoms with E-state index >= 15 is 0 Å². The molecule has 1 heterocycles. The molecule has 112 valence electrons. The lowest BCUT2D eigenvalue weighted by Gasteiger charge is -2.07. The molecule has 2 aromatic rings. The minimum Gasteiger partial charge on any atom is -0.362 e. The Morgan fingerprint density at radius 2 is 2.29 bits per heavy atom. The van der Waals surface area contributed by atoms with Gasteiger partial charge in [0, 0.05) is 17.8 Å². The van der Waals surface area contributed by atoms with Crippen molar-refractivity contribution < 1.29 is 0 Å². The van der Waals surface area contributed by atoms with Crippen molar-refractivity contribution in [1.82, 2.24) is 15.1 Å². The van der Waals surface area contributed by atoms with Gasteiger partial charge in [0.25, 0.3) is 0 Å². The topological polar surface area (TPSA) is 41.9 Å². The SMILES string of the molecule is CCCCNC(=S)Nc1cnn(Cc2cccc(Cl)c2)c1. The molecule has 0 saturated heterocycles. The highest BCUT2D eigenvalue weighted by Gasteiger charge is 2.02. The molecule has 0 fully saturated rings. The summed E-state index contributed by atoms with van der Waals surface area (Å²) in [6, 6.07) is 7.76. The third-order valence-electron chi connectivity index (χ3n) is 2.94. The normalized spacial score (nSPS) is 10.4. The highest BCUT2D eigenvalue weighted by atomic mass is 35.5. The first-order chi connectivity index (χ1) is 10.2. The van der Waals surface area contributed by atoms with Crippen LogP contribution in [0.4, 0.5) is 5.69 Å². The molecule has 6 heteroatoms. The lowest BCUT2D eigenvalue weighted by molar-refractivity contribution is 0.687. The third kappa shape index (κ3) is 5.36. The predicted octanol–water partition coefficient (Wildman–Crippen LogP) is 3.67. The van der Waals surface area contributed by atoms with Crippen LogP contribution in [0, 0.1) is 0 Å². The quantitative estimate of drug-likeness (QED) is 0.629. The molecule has 0 saturated carbocycles. The highest BCUT2D eigenvalue weighted by molar-refractivity contribution is 7.80.